The third kappa shape index (κ3) is 5.27. The number of likely N-dealkylation sites (tertiary alicyclic amines) is 1. The molecule has 0 radical (unpaired) electrons. The first-order valence-electron chi connectivity index (χ1n) is 8.39. The van der Waals surface area contributed by atoms with Crippen molar-refractivity contribution in [2.75, 3.05) is 19.7 Å². The molecule has 1 heterocycles. The summed E-state index contributed by atoms with van der Waals surface area (Å²) in [5.41, 5.74) is 0.641. The molecule has 2 amide bonds. The molecule has 1 fully saturated rings. The minimum Gasteiger partial charge on any atom is -0.494 e. The molecule has 0 aromatic heterocycles. The number of carbonyl (C=O) groups is 2. The molecule has 5 heteroatoms. The van der Waals surface area contributed by atoms with Crippen molar-refractivity contribution in [1.82, 2.24) is 10.2 Å². The molecule has 23 heavy (non-hydrogen) atoms. The Morgan fingerprint density at radius 2 is 1.87 bits per heavy atom. The zero-order valence-electron chi connectivity index (χ0n) is 14.0. The maximum atomic E-state index is 12.3. The van der Waals surface area contributed by atoms with Crippen molar-refractivity contribution >= 4 is 11.8 Å². The van der Waals surface area contributed by atoms with Crippen LogP contribution in [0.25, 0.3) is 0 Å². The second kappa shape index (κ2) is 8.56. The van der Waals surface area contributed by atoms with Gasteiger partial charge in [0.25, 0.3) is 5.91 Å². The Labute approximate surface area is 138 Å². The van der Waals surface area contributed by atoms with Crippen molar-refractivity contribution in [2.45, 2.75) is 45.6 Å². The van der Waals surface area contributed by atoms with Gasteiger partial charge in [-0.15, -0.1) is 0 Å². The summed E-state index contributed by atoms with van der Waals surface area (Å²) in [4.78, 5) is 25.4. The highest BCUT2D eigenvalue weighted by atomic mass is 16.5. The summed E-state index contributed by atoms with van der Waals surface area (Å²) in [6, 6.07) is 7.40. The molecule has 0 bridgehead atoms. The van der Waals surface area contributed by atoms with E-state index < -0.39 is 0 Å². The minimum atomic E-state index is -0.0635. The van der Waals surface area contributed by atoms with E-state index in [0.717, 1.165) is 31.4 Å². The lowest BCUT2D eigenvalue weighted by molar-refractivity contribution is -0.129. The summed E-state index contributed by atoms with van der Waals surface area (Å²) >= 11 is 0. The van der Waals surface area contributed by atoms with Crippen molar-refractivity contribution in [1.29, 1.82) is 0 Å². The standard InChI is InChI=1S/C18H26N2O3/c1-3-4-13-23-17-7-5-15(6-8-17)18(22)19-16-9-11-20(12-10-16)14(2)21/h5-8,16H,3-4,9-13H2,1-2H3,(H,19,22). The van der Waals surface area contributed by atoms with Gasteiger partial charge >= 0.3 is 0 Å². The van der Waals surface area contributed by atoms with Crippen LogP contribution in [-0.2, 0) is 4.79 Å². The molecule has 1 aliphatic rings. The van der Waals surface area contributed by atoms with Gasteiger partial charge in [0.05, 0.1) is 6.61 Å². The van der Waals surface area contributed by atoms with Gasteiger partial charge in [-0.1, -0.05) is 13.3 Å². The highest BCUT2D eigenvalue weighted by Crippen LogP contribution is 2.15. The van der Waals surface area contributed by atoms with Crippen molar-refractivity contribution < 1.29 is 14.3 Å². The van der Waals surface area contributed by atoms with E-state index in [1.165, 1.54) is 0 Å². The molecule has 0 aliphatic carbocycles. The Kier molecular flexibility index (Phi) is 6.44. The Morgan fingerprint density at radius 1 is 1.22 bits per heavy atom. The number of hydrogen-bond donors (Lipinski definition) is 1. The number of ether oxygens (including phenoxy) is 1. The second-order valence-electron chi connectivity index (χ2n) is 5.98. The predicted molar refractivity (Wildman–Crippen MR) is 89.6 cm³/mol. The highest BCUT2D eigenvalue weighted by molar-refractivity contribution is 5.94. The van der Waals surface area contributed by atoms with E-state index >= 15 is 0 Å². The summed E-state index contributed by atoms with van der Waals surface area (Å²) in [7, 11) is 0. The third-order valence-corrected chi connectivity index (χ3v) is 4.16. The van der Waals surface area contributed by atoms with Crippen LogP contribution in [0.1, 0.15) is 49.9 Å². The number of rotatable bonds is 6. The normalized spacial score (nSPS) is 15.3. The van der Waals surface area contributed by atoms with E-state index in [0.29, 0.717) is 25.3 Å². The molecular formula is C18H26N2O3. The minimum absolute atomic E-state index is 0.0635. The van der Waals surface area contributed by atoms with Crippen molar-refractivity contribution in [3.63, 3.8) is 0 Å². The maximum Gasteiger partial charge on any atom is 0.251 e. The first kappa shape index (κ1) is 17.3. The van der Waals surface area contributed by atoms with E-state index in [-0.39, 0.29) is 17.9 Å². The summed E-state index contributed by atoms with van der Waals surface area (Å²) in [6.07, 6.45) is 3.75. The van der Waals surface area contributed by atoms with Crippen LogP contribution < -0.4 is 10.1 Å². The molecule has 1 N–H and O–H groups in total. The van der Waals surface area contributed by atoms with Gasteiger partial charge in [0.2, 0.25) is 5.91 Å². The molecule has 1 aromatic carbocycles. The number of benzene rings is 1. The van der Waals surface area contributed by atoms with E-state index in [4.69, 9.17) is 4.74 Å². The average molecular weight is 318 g/mol. The van der Waals surface area contributed by atoms with Crippen LogP contribution in [-0.4, -0.2) is 42.5 Å². The van der Waals surface area contributed by atoms with Gasteiger partial charge in [0, 0.05) is 31.6 Å². The van der Waals surface area contributed by atoms with Crippen LogP contribution in [0, 0.1) is 0 Å². The average Bonchev–Trinajstić information content (AvgIpc) is 2.56. The number of nitrogens with one attached hydrogen (secondary N) is 1. The van der Waals surface area contributed by atoms with Gasteiger partial charge in [-0.05, 0) is 43.5 Å². The molecule has 126 valence electrons. The van der Waals surface area contributed by atoms with Crippen LogP contribution in [0.3, 0.4) is 0 Å². The number of amides is 2. The fourth-order valence-electron chi connectivity index (χ4n) is 2.64. The Balaban J connectivity index is 1.80. The van der Waals surface area contributed by atoms with Crippen LogP contribution in [0.15, 0.2) is 24.3 Å². The maximum absolute atomic E-state index is 12.3. The molecule has 0 spiro atoms. The smallest absolute Gasteiger partial charge is 0.251 e. The number of unbranched alkanes of at least 4 members (excludes halogenated alkanes) is 1. The molecule has 0 unspecified atom stereocenters. The largest absolute Gasteiger partial charge is 0.494 e. The molecular weight excluding hydrogens is 292 g/mol. The molecule has 0 atom stereocenters. The predicted octanol–water partition coefficient (Wildman–Crippen LogP) is 2.61. The van der Waals surface area contributed by atoms with E-state index in [1.54, 1.807) is 19.1 Å². The van der Waals surface area contributed by atoms with Crippen LogP contribution >= 0.6 is 0 Å². The first-order chi connectivity index (χ1) is 11.1. The van der Waals surface area contributed by atoms with Gasteiger partial charge in [0.15, 0.2) is 0 Å². The molecule has 1 aromatic rings. The number of carbonyl (C=O) groups excluding carboxylic acids is 2. The number of hydrogen-bond acceptors (Lipinski definition) is 3. The second-order valence-corrected chi connectivity index (χ2v) is 5.98. The summed E-state index contributed by atoms with van der Waals surface area (Å²) in [5, 5.41) is 3.05. The molecule has 1 saturated heterocycles. The van der Waals surface area contributed by atoms with Crippen LogP contribution in [0.2, 0.25) is 0 Å². The molecule has 5 nitrogen and oxygen atoms in total. The quantitative estimate of drug-likeness (QED) is 0.820. The lowest BCUT2D eigenvalue weighted by atomic mass is 10.0. The monoisotopic (exact) mass is 318 g/mol. The van der Waals surface area contributed by atoms with E-state index in [9.17, 15) is 9.59 Å². The zero-order valence-corrected chi connectivity index (χ0v) is 14.0. The van der Waals surface area contributed by atoms with Gasteiger partial charge in [0.1, 0.15) is 5.75 Å². The Morgan fingerprint density at radius 3 is 2.43 bits per heavy atom. The summed E-state index contributed by atoms with van der Waals surface area (Å²) in [6.45, 7) is 5.84. The fraction of sp³-hybridized carbons (Fsp3) is 0.556. The number of nitrogens with zero attached hydrogens (tertiary/aromatic N) is 1. The third-order valence-electron chi connectivity index (χ3n) is 4.16. The molecule has 1 aliphatic heterocycles. The molecule has 0 saturated carbocycles. The van der Waals surface area contributed by atoms with Gasteiger partial charge in [-0.2, -0.15) is 0 Å². The van der Waals surface area contributed by atoms with Gasteiger partial charge in [-0.3, -0.25) is 9.59 Å². The summed E-state index contributed by atoms with van der Waals surface area (Å²) < 4.78 is 5.60. The Bertz CT molecular complexity index is 520. The lowest BCUT2D eigenvalue weighted by Crippen LogP contribution is -2.45. The van der Waals surface area contributed by atoms with Crippen molar-refractivity contribution in [2.24, 2.45) is 0 Å². The van der Waals surface area contributed by atoms with E-state index in [2.05, 4.69) is 12.2 Å². The van der Waals surface area contributed by atoms with Crippen LogP contribution in [0.4, 0.5) is 0 Å². The van der Waals surface area contributed by atoms with Crippen molar-refractivity contribution in [3.8, 4) is 5.75 Å². The Hall–Kier alpha value is -2.04. The molecule has 2 rings (SSSR count). The fourth-order valence-corrected chi connectivity index (χ4v) is 2.64. The lowest BCUT2D eigenvalue weighted by Gasteiger charge is -2.31. The first-order valence-corrected chi connectivity index (χ1v) is 8.39. The summed E-state index contributed by atoms with van der Waals surface area (Å²) in [5.74, 6) is 0.838. The van der Waals surface area contributed by atoms with Gasteiger partial charge < -0.3 is 15.0 Å². The highest BCUT2D eigenvalue weighted by Gasteiger charge is 2.22. The number of piperidine rings is 1. The topological polar surface area (TPSA) is 58.6 Å². The SMILES string of the molecule is CCCCOc1ccc(C(=O)NC2CCN(C(C)=O)CC2)cc1. The zero-order chi connectivity index (χ0) is 16.7. The van der Waals surface area contributed by atoms with E-state index in [1.807, 2.05) is 17.0 Å². The van der Waals surface area contributed by atoms with Gasteiger partial charge in [-0.25, -0.2) is 0 Å². The van der Waals surface area contributed by atoms with Crippen molar-refractivity contribution in [3.05, 3.63) is 29.8 Å². The van der Waals surface area contributed by atoms with Crippen LogP contribution in [0.5, 0.6) is 5.75 Å².